The third-order valence-electron chi connectivity index (χ3n) is 1.83. The fourth-order valence-electron chi connectivity index (χ4n) is 1.21. The van der Waals surface area contributed by atoms with Gasteiger partial charge in [0.05, 0.1) is 0 Å². The van der Waals surface area contributed by atoms with Crippen molar-refractivity contribution in [2.45, 2.75) is 24.5 Å². The van der Waals surface area contributed by atoms with Crippen LogP contribution in [0, 0.1) is 0 Å². The van der Waals surface area contributed by atoms with Gasteiger partial charge in [-0.1, -0.05) is 12.2 Å². The van der Waals surface area contributed by atoms with Crippen molar-refractivity contribution >= 4 is 11.8 Å². The van der Waals surface area contributed by atoms with Gasteiger partial charge in [-0.3, -0.25) is 0 Å². The molecule has 0 aromatic rings. The molecule has 0 aromatic carbocycles. The van der Waals surface area contributed by atoms with Crippen molar-refractivity contribution in [3.63, 3.8) is 0 Å². The van der Waals surface area contributed by atoms with Crippen molar-refractivity contribution in [1.82, 2.24) is 0 Å². The summed E-state index contributed by atoms with van der Waals surface area (Å²) >= 11 is 2.07. The molecular weight excluding hydrogens is 142 g/mol. The number of hydrogen-bond acceptors (Lipinski definition) is 2. The molecule has 1 rings (SSSR count). The predicted molar refractivity (Wildman–Crippen MR) is 48.3 cm³/mol. The van der Waals surface area contributed by atoms with Crippen LogP contribution in [0.15, 0.2) is 12.2 Å². The Hall–Kier alpha value is 0.0500. The molecule has 0 amide bonds. The minimum atomic E-state index is 0.664. The molecule has 1 unspecified atom stereocenters. The average Bonchev–Trinajstić information content (AvgIpc) is 2.40. The first kappa shape index (κ1) is 8.15. The second kappa shape index (κ2) is 4.04. The van der Waals surface area contributed by atoms with E-state index in [2.05, 4.69) is 18.3 Å². The first-order valence-electron chi connectivity index (χ1n) is 3.81. The highest BCUT2D eigenvalue weighted by Crippen LogP contribution is 2.30. The molecule has 1 saturated heterocycles. The lowest BCUT2D eigenvalue weighted by atomic mass is 10.1. The van der Waals surface area contributed by atoms with E-state index in [0.29, 0.717) is 6.54 Å². The van der Waals surface area contributed by atoms with Gasteiger partial charge in [0.1, 0.15) is 0 Å². The first-order chi connectivity index (χ1) is 4.83. The zero-order valence-electron chi connectivity index (χ0n) is 6.31. The van der Waals surface area contributed by atoms with Crippen LogP contribution in [-0.4, -0.2) is 17.5 Å². The summed E-state index contributed by atoms with van der Waals surface area (Å²) in [5, 5.41) is 0.830. The molecule has 0 saturated carbocycles. The van der Waals surface area contributed by atoms with Crippen LogP contribution in [0.2, 0.25) is 0 Å². The maximum Gasteiger partial charge on any atom is 0.0134 e. The fourth-order valence-corrected chi connectivity index (χ4v) is 2.56. The molecule has 2 heteroatoms. The van der Waals surface area contributed by atoms with Gasteiger partial charge in [-0.25, -0.2) is 0 Å². The van der Waals surface area contributed by atoms with Crippen molar-refractivity contribution in [1.29, 1.82) is 0 Å². The molecule has 1 aliphatic heterocycles. The highest BCUT2D eigenvalue weighted by Gasteiger charge is 2.15. The summed E-state index contributed by atoms with van der Waals surface area (Å²) in [7, 11) is 0. The summed E-state index contributed by atoms with van der Waals surface area (Å²) in [6.45, 7) is 4.56. The number of nitrogens with two attached hydrogens (primary N) is 1. The Kier molecular flexibility index (Phi) is 3.29. The van der Waals surface area contributed by atoms with Crippen LogP contribution in [0.5, 0.6) is 0 Å². The van der Waals surface area contributed by atoms with Crippen LogP contribution in [0.1, 0.15) is 19.3 Å². The van der Waals surface area contributed by atoms with Crippen molar-refractivity contribution in [2.24, 2.45) is 5.73 Å². The van der Waals surface area contributed by atoms with E-state index in [1.165, 1.54) is 24.2 Å². The van der Waals surface area contributed by atoms with E-state index in [4.69, 9.17) is 5.73 Å². The molecule has 1 aliphatic rings. The van der Waals surface area contributed by atoms with Crippen LogP contribution in [0.25, 0.3) is 0 Å². The van der Waals surface area contributed by atoms with Crippen molar-refractivity contribution in [3.8, 4) is 0 Å². The SMILES string of the molecule is C=C(CN)CC1CCCS1. The van der Waals surface area contributed by atoms with E-state index in [0.717, 1.165) is 11.7 Å². The Morgan fingerprint density at radius 1 is 1.70 bits per heavy atom. The number of rotatable bonds is 3. The smallest absolute Gasteiger partial charge is 0.0134 e. The van der Waals surface area contributed by atoms with E-state index >= 15 is 0 Å². The summed E-state index contributed by atoms with van der Waals surface area (Å²) in [6, 6.07) is 0. The lowest BCUT2D eigenvalue weighted by Gasteiger charge is -2.08. The minimum Gasteiger partial charge on any atom is -0.327 e. The van der Waals surface area contributed by atoms with Gasteiger partial charge in [0.2, 0.25) is 0 Å². The summed E-state index contributed by atoms with van der Waals surface area (Å²) in [5.41, 5.74) is 6.65. The Labute approximate surface area is 67.1 Å². The molecular formula is C8H15NS. The van der Waals surface area contributed by atoms with E-state index in [1.807, 2.05) is 0 Å². The van der Waals surface area contributed by atoms with E-state index in [1.54, 1.807) is 0 Å². The predicted octanol–water partition coefficient (Wildman–Crippen LogP) is 1.79. The topological polar surface area (TPSA) is 26.0 Å². The van der Waals surface area contributed by atoms with Crippen molar-refractivity contribution < 1.29 is 0 Å². The third kappa shape index (κ3) is 2.35. The minimum absolute atomic E-state index is 0.664. The normalized spacial score (nSPS) is 25.1. The van der Waals surface area contributed by atoms with Crippen molar-refractivity contribution in [3.05, 3.63) is 12.2 Å². The van der Waals surface area contributed by atoms with E-state index < -0.39 is 0 Å². The van der Waals surface area contributed by atoms with Gasteiger partial charge in [0.25, 0.3) is 0 Å². The Morgan fingerprint density at radius 3 is 3.00 bits per heavy atom. The molecule has 2 N–H and O–H groups in total. The molecule has 58 valence electrons. The molecule has 1 heterocycles. The maximum atomic E-state index is 5.44. The van der Waals surface area contributed by atoms with Gasteiger partial charge in [-0.05, 0) is 25.0 Å². The second-order valence-electron chi connectivity index (χ2n) is 2.79. The van der Waals surface area contributed by atoms with Gasteiger partial charge in [0, 0.05) is 11.8 Å². The van der Waals surface area contributed by atoms with Gasteiger partial charge in [-0.2, -0.15) is 11.8 Å². The average molecular weight is 157 g/mol. The zero-order chi connectivity index (χ0) is 7.40. The second-order valence-corrected chi connectivity index (χ2v) is 4.20. The Balaban J connectivity index is 2.17. The molecule has 0 spiro atoms. The molecule has 10 heavy (non-hydrogen) atoms. The molecule has 0 bridgehead atoms. The lowest BCUT2D eigenvalue weighted by Crippen LogP contribution is -2.07. The summed E-state index contributed by atoms with van der Waals surface area (Å²) in [5.74, 6) is 1.34. The van der Waals surface area contributed by atoms with Crippen molar-refractivity contribution in [2.75, 3.05) is 12.3 Å². The summed E-state index contributed by atoms with van der Waals surface area (Å²) < 4.78 is 0. The highest BCUT2D eigenvalue weighted by atomic mass is 32.2. The maximum absolute atomic E-state index is 5.44. The van der Waals surface area contributed by atoms with Gasteiger partial charge in [-0.15, -0.1) is 0 Å². The lowest BCUT2D eigenvalue weighted by molar-refractivity contribution is 0.764. The van der Waals surface area contributed by atoms with E-state index in [9.17, 15) is 0 Å². The quantitative estimate of drug-likeness (QED) is 0.632. The number of hydrogen-bond donors (Lipinski definition) is 1. The van der Waals surface area contributed by atoms with Crippen LogP contribution < -0.4 is 5.73 Å². The Morgan fingerprint density at radius 2 is 2.50 bits per heavy atom. The Bertz CT molecular complexity index is 116. The molecule has 0 aliphatic carbocycles. The van der Waals surface area contributed by atoms with Crippen LogP contribution >= 0.6 is 11.8 Å². The molecule has 1 atom stereocenters. The van der Waals surface area contributed by atoms with Gasteiger partial charge >= 0.3 is 0 Å². The van der Waals surface area contributed by atoms with Gasteiger partial charge in [0.15, 0.2) is 0 Å². The van der Waals surface area contributed by atoms with Gasteiger partial charge < -0.3 is 5.73 Å². The first-order valence-corrected chi connectivity index (χ1v) is 4.86. The van der Waals surface area contributed by atoms with E-state index in [-0.39, 0.29) is 0 Å². The standard InChI is InChI=1S/C8H15NS/c1-7(6-9)5-8-3-2-4-10-8/h8H,1-6,9H2. The molecule has 0 aromatic heterocycles. The third-order valence-corrected chi connectivity index (χ3v) is 3.23. The monoisotopic (exact) mass is 157 g/mol. The summed E-state index contributed by atoms with van der Waals surface area (Å²) in [6.07, 6.45) is 3.89. The largest absolute Gasteiger partial charge is 0.327 e. The molecule has 0 radical (unpaired) electrons. The summed E-state index contributed by atoms with van der Waals surface area (Å²) in [4.78, 5) is 0. The highest BCUT2D eigenvalue weighted by molar-refractivity contribution is 8.00. The van der Waals surface area contributed by atoms with Crippen LogP contribution in [0.4, 0.5) is 0 Å². The zero-order valence-corrected chi connectivity index (χ0v) is 7.12. The van der Waals surface area contributed by atoms with Crippen LogP contribution in [0.3, 0.4) is 0 Å². The van der Waals surface area contributed by atoms with Crippen LogP contribution in [-0.2, 0) is 0 Å². The molecule has 1 fully saturated rings. The fraction of sp³-hybridized carbons (Fsp3) is 0.750. The number of thioether (sulfide) groups is 1. The molecule has 1 nitrogen and oxygen atoms in total.